The molecular weight excluding hydrogens is 286 g/mol. The number of hydrogen-bond donors (Lipinski definition) is 0. The molecule has 5 heteroatoms. The minimum atomic E-state index is -0.888. The van der Waals surface area contributed by atoms with Crippen LogP contribution in [0.5, 0.6) is 0 Å². The van der Waals surface area contributed by atoms with Gasteiger partial charge < -0.3 is 0 Å². The first-order valence-corrected chi connectivity index (χ1v) is 7.01. The molecule has 0 saturated carbocycles. The highest BCUT2D eigenvalue weighted by molar-refractivity contribution is 6.09. The van der Waals surface area contributed by atoms with Gasteiger partial charge in [0.2, 0.25) is 0 Å². The highest BCUT2D eigenvalue weighted by Gasteiger charge is 2.19. The third-order valence-corrected chi connectivity index (χ3v) is 3.33. The number of carbonyl (C=O) groups is 1. The molecular formula is C17H16F2N2O. The molecule has 0 aliphatic rings. The van der Waals surface area contributed by atoms with Crippen molar-refractivity contribution in [3.8, 4) is 11.1 Å². The summed E-state index contributed by atoms with van der Waals surface area (Å²) < 4.78 is 27.9. The lowest BCUT2D eigenvalue weighted by Crippen LogP contribution is -2.07. The zero-order valence-corrected chi connectivity index (χ0v) is 12.3. The van der Waals surface area contributed by atoms with Crippen LogP contribution >= 0.6 is 0 Å². The van der Waals surface area contributed by atoms with Crippen LogP contribution in [0.4, 0.5) is 8.78 Å². The molecule has 2 aromatic rings. The first-order valence-electron chi connectivity index (χ1n) is 7.01. The highest BCUT2D eigenvalue weighted by atomic mass is 19.1. The summed E-state index contributed by atoms with van der Waals surface area (Å²) in [5.74, 6) is -2.15. The van der Waals surface area contributed by atoms with Crippen LogP contribution in [0.2, 0.25) is 0 Å². The van der Waals surface area contributed by atoms with Crippen molar-refractivity contribution in [2.45, 2.75) is 26.2 Å². The summed E-state index contributed by atoms with van der Waals surface area (Å²) in [7, 11) is 0. The second-order valence-corrected chi connectivity index (χ2v) is 4.98. The van der Waals surface area contributed by atoms with E-state index in [9.17, 15) is 13.6 Å². The minimum Gasteiger partial charge on any atom is -0.289 e. The summed E-state index contributed by atoms with van der Waals surface area (Å²) >= 11 is 0. The largest absolute Gasteiger partial charge is 0.289 e. The van der Waals surface area contributed by atoms with Crippen LogP contribution in [0.1, 0.15) is 36.5 Å². The Labute approximate surface area is 127 Å². The minimum absolute atomic E-state index is 0.0913. The fourth-order valence-corrected chi connectivity index (χ4v) is 2.08. The van der Waals surface area contributed by atoms with E-state index in [1.54, 1.807) is 0 Å². The van der Waals surface area contributed by atoms with Crippen LogP contribution in [0.15, 0.2) is 43.0 Å². The smallest absolute Gasteiger partial charge is 0.191 e. The first kappa shape index (κ1) is 15.9. The topological polar surface area (TPSA) is 42.9 Å². The number of nitrogens with zero attached hydrogens (tertiary/aromatic N) is 2. The van der Waals surface area contributed by atoms with E-state index in [-0.39, 0.29) is 11.1 Å². The van der Waals surface area contributed by atoms with Gasteiger partial charge in [0, 0.05) is 29.6 Å². The number of halogens is 2. The monoisotopic (exact) mass is 302 g/mol. The molecule has 1 aromatic carbocycles. The molecule has 0 amide bonds. The molecule has 1 heterocycles. The van der Waals surface area contributed by atoms with Crippen molar-refractivity contribution in [2.75, 3.05) is 0 Å². The van der Waals surface area contributed by atoms with E-state index in [4.69, 9.17) is 0 Å². The molecule has 2 rings (SSSR count). The molecule has 0 aliphatic carbocycles. The molecule has 0 atom stereocenters. The molecule has 1 aromatic heterocycles. The Bertz CT molecular complexity index is 699. The van der Waals surface area contributed by atoms with E-state index < -0.39 is 17.4 Å². The highest BCUT2D eigenvalue weighted by Crippen LogP contribution is 2.26. The summed E-state index contributed by atoms with van der Waals surface area (Å²) in [4.78, 5) is 19.9. The molecule has 0 spiro atoms. The van der Waals surface area contributed by atoms with Crippen LogP contribution in [-0.4, -0.2) is 15.8 Å². The van der Waals surface area contributed by atoms with Crippen LogP contribution in [-0.2, 0) is 0 Å². The van der Waals surface area contributed by atoms with Crippen molar-refractivity contribution < 1.29 is 13.6 Å². The van der Waals surface area contributed by atoms with Crippen LogP contribution in [0.3, 0.4) is 0 Å². The van der Waals surface area contributed by atoms with Gasteiger partial charge in [-0.15, -0.1) is 0 Å². The van der Waals surface area contributed by atoms with Crippen LogP contribution < -0.4 is 0 Å². The molecule has 0 unspecified atom stereocenters. The third kappa shape index (κ3) is 3.42. The SMILES string of the molecule is C=C(CCCC)C(=O)c1cc(-c2cncnc2)c(F)cc1F. The summed E-state index contributed by atoms with van der Waals surface area (Å²) in [6, 6.07) is 1.91. The zero-order valence-electron chi connectivity index (χ0n) is 12.3. The number of benzene rings is 1. The van der Waals surface area contributed by atoms with Crippen molar-refractivity contribution in [3.05, 3.63) is 60.2 Å². The lowest BCUT2D eigenvalue weighted by Gasteiger charge is -2.09. The molecule has 3 nitrogen and oxygen atoms in total. The summed E-state index contributed by atoms with van der Waals surface area (Å²) in [5.41, 5.74) is 0.617. The van der Waals surface area contributed by atoms with E-state index in [1.807, 2.05) is 6.92 Å². The number of aromatic nitrogens is 2. The van der Waals surface area contributed by atoms with Gasteiger partial charge in [-0.05, 0) is 24.5 Å². The number of ketones is 1. The standard InChI is InChI=1S/C17H16F2N2O/c1-3-4-5-11(2)17(22)14-6-13(15(18)7-16(14)19)12-8-20-10-21-9-12/h6-10H,2-5H2,1H3. The number of unbranched alkanes of at least 4 members (excludes halogenated alkanes) is 1. The van der Waals surface area contributed by atoms with Gasteiger partial charge >= 0.3 is 0 Å². The van der Waals surface area contributed by atoms with Gasteiger partial charge in [-0.1, -0.05) is 19.9 Å². The fraction of sp³-hybridized carbons (Fsp3) is 0.235. The van der Waals surface area contributed by atoms with Gasteiger partial charge in [-0.2, -0.15) is 0 Å². The maximum Gasteiger partial charge on any atom is 0.191 e. The summed E-state index contributed by atoms with van der Waals surface area (Å²) in [6.07, 6.45) is 6.32. The Morgan fingerprint density at radius 2 is 1.86 bits per heavy atom. The van der Waals surface area contributed by atoms with Gasteiger partial charge in [0.1, 0.15) is 18.0 Å². The lowest BCUT2D eigenvalue weighted by atomic mass is 9.96. The van der Waals surface area contributed by atoms with E-state index >= 15 is 0 Å². The average molecular weight is 302 g/mol. The van der Waals surface area contributed by atoms with Gasteiger partial charge in [0.05, 0.1) is 5.56 Å². The van der Waals surface area contributed by atoms with Crippen molar-refractivity contribution in [3.63, 3.8) is 0 Å². The fourth-order valence-electron chi connectivity index (χ4n) is 2.08. The number of hydrogen-bond acceptors (Lipinski definition) is 3. The number of allylic oxidation sites excluding steroid dienone is 1. The van der Waals surface area contributed by atoms with Crippen LogP contribution in [0.25, 0.3) is 11.1 Å². The Kier molecular flexibility index (Phi) is 5.09. The maximum absolute atomic E-state index is 14.0. The molecule has 0 N–H and O–H groups in total. The van der Waals surface area contributed by atoms with Gasteiger partial charge in [0.15, 0.2) is 5.78 Å². The van der Waals surface area contributed by atoms with E-state index in [0.717, 1.165) is 12.8 Å². The third-order valence-electron chi connectivity index (χ3n) is 3.33. The first-order chi connectivity index (χ1) is 10.5. The summed E-state index contributed by atoms with van der Waals surface area (Å²) in [5, 5.41) is 0. The molecule has 0 saturated heterocycles. The second kappa shape index (κ2) is 7.02. The summed E-state index contributed by atoms with van der Waals surface area (Å²) in [6.45, 7) is 5.69. The molecule has 22 heavy (non-hydrogen) atoms. The molecule has 114 valence electrons. The second-order valence-electron chi connectivity index (χ2n) is 4.98. The Morgan fingerprint density at radius 3 is 2.50 bits per heavy atom. The molecule has 0 aliphatic heterocycles. The van der Waals surface area contributed by atoms with Crippen molar-refractivity contribution in [1.82, 2.24) is 9.97 Å². The van der Waals surface area contributed by atoms with Crippen molar-refractivity contribution >= 4 is 5.78 Å². The lowest BCUT2D eigenvalue weighted by molar-refractivity contribution is 0.102. The Balaban J connectivity index is 2.41. The molecule has 0 bridgehead atoms. The predicted molar refractivity (Wildman–Crippen MR) is 80.4 cm³/mol. The van der Waals surface area contributed by atoms with Crippen molar-refractivity contribution in [2.24, 2.45) is 0 Å². The van der Waals surface area contributed by atoms with Crippen molar-refractivity contribution in [1.29, 1.82) is 0 Å². The van der Waals surface area contributed by atoms with Gasteiger partial charge in [-0.3, -0.25) is 4.79 Å². The van der Waals surface area contributed by atoms with E-state index in [1.165, 1.54) is 24.8 Å². The average Bonchev–Trinajstić information content (AvgIpc) is 2.53. The normalized spacial score (nSPS) is 10.5. The van der Waals surface area contributed by atoms with Gasteiger partial charge in [-0.25, -0.2) is 18.7 Å². The maximum atomic E-state index is 14.0. The van der Waals surface area contributed by atoms with Crippen LogP contribution in [0, 0.1) is 11.6 Å². The molecule has 0 fully saturated rings. The number of Topliss-reactive ketones (excluding diaryl/α,β-unsaturated/α-hetero) is 1. The van der Waals surface area contributed by atoms with E-state index in [0.29, 0.717) is 23.6 Å². The quantitative estimate of drug-likeness (QED) is 0.588. The zero-order chi connectivity index (χ0) is 16.1. The molecule has 0 radical (unpaired) electrons. The predicted octanol–water partition coefficient (Wildman–Crippen LogP) is 4.35. The Morgan fingerprint density at radius 1 is 1.18 bits per heavy atom. The van der Waals surface area contributed by atoms with Gasteiger partial charge in [0.25, 0.3) is 0 Å². The van der Waals surface area contributed by atoms with E-state index in [2.05, 4.69) is 16.5 Å². The Hall–Kier alpha value is -2.43. The number of carbonyl (C=O) groups excluding carboxylic acids is 1. The number of rotatable bonds is 6.